The highest BCUT2D eigenvalue weighted by atomic mass is 16.2. The van der Waals surface area contributed by atoms with Gasteiger partial charge in [-0.15, -0.1) is 0 Å². The largest absolute Gasteiger partial charge is 0.369 e. The second-order valence-electron chi connectivity index (χ2n) is 6.83. The molecule has 1 unspecified atom stereocenters. The first-order valence-corrected chi connectivity index (χ1v) is 8.85. The number of piperidine rings is 1. The van der Waals surface area contributed by atoms with Crippen molar-refractivity contribution in [1.29, 1.82) is 0 Å². The molecule has 1 aromatic heterocycles. The van der Waals surface area contributed by atoms with E-state index < -0.39 is 0 Å². The van der Waals surface area contributed by atoms with Crippen molar-refractivity contribution in [3.05, 3.63) is 34.9 Å². The fraction of sp³-hybridized carbons (Fsp3) is 0.500. The van der Waals surface area contributed by atoms with Gasteiger partial charge in [-0.3, -0.25) is 14.5 Å². The number of piperazine rings is 1. The molecule has 2 aliphatic rings. The molecular formula is C18H23N5O2. The number of hydrogen-bond donors (Lipinski definition) is 1. The minimum absolute atomic E-state index is 0.0234. The minimum Gasteiger partial charge on any atom is -0.369 e. The van der Waals surface area contributed by atoms with Gasteiger partial charge in [0, 0.05) is 45.5 Å². The Labute approximate surface area is 146 Å². The van der Waals surface area contributed by atoms with Crippen LogP contribution in [0.3, 0.4) is 0 Å². The molecule has 7 heteroatoms. The Morgan fingerprint density at radius 1 is 1.16 bits per heavy atom. The van der Waals surface area contributed by atoms with Crippen LogP contribution in [0.2, 0.25) is 0 Å². The van der Waals surface area contributed by atoms with E-state index in [1.165, 1.54) is 4.57 Å². The summed E-state index contributed by atoms with van der Waals surface area (Å²) >= 11 is 0. The summed E-state index contributed by atoms with van der Waals surface area (Å²) in [6.45, 7) is 4.30. The summed E-state index contributed by atoms with van der Waals surface area (Å²) in [6, 6.07) is 5.87. The molecule has 0 saturated carbocycles. The van der Waals surface area contributed by atoms with Gasteiger partial charge in [0.05, 0.1) is 23.3 Å². The summed E-state index contributed by atoms with van der Waals surface area (Å²) in [4.78, 5) is 33.1. The molecular weight excluding hydrogens is 318 g/mol. The normalized spacial score (nSPS) is 22.2. The molecule has 3 heterocycles. The first kappa shape index (κ1) is 16.1. The average molecular weight is 341 g/mol. The first-order chi connectivity index (χ1) is 12.1. The highest BCUT2D eigenvalue weighted by molar-refractivity contribution is 5.83. The topological polar surface area (TPSA) is 70.5 Å². The minimum atomic E-state index is -0.0234. The fourth-order valence-electron chi connectivity index (χ4n) is 3.79. The molecule has 7 nitrogen and oxygen atoms in total. The molecule has 2 aromatic rings. The van der Waals surface area contributed by atoms with Gasteiger partial charge in [-0.2, -0.15) is 0 Å². The summed E-state index contributed by atoms with van der Waals surface area (Å²) in [7, 11) is 1.71. The molecule has 1 amide bonds. The van der Waals surface area contributed by atoms with Crippen molar-refractivity contribution in [3.8, 4) is 0 Å². The fourth-order valence-corrected chi connectivity index (χ4v) is 3.79. The number of carbonyl (C=O) groups is 1. The van der Waals surface area contributed by atoms with Gasteiger partial charge >= 0.3 is 0 Å². The van der Waals surface area contributed by atoms with Crippen molar-refractivity contribution in [2.45, 2.75) is 18.9 Å². The van der Waals surface area contributed by atoms with Crippen LogP contribution in [0.15, 0.2) is 29.3 Å². The van der Waals surface area contributed by atoms with Crippen LogP contribution in [0.4, 0.5) is 5.69 Å². The van der Waals surface area contributed by atoms with Gasteiger partial charge in [-0.1, -0.05) is 0 Å². The molecule has 2 saturated heterocycles. The van der Waals surface area contributed by atoms with E-state index in [9.17, 15) is 9.59 Å². The van der Waals surface area contributed by atoms with Crippen LogP contribution in [-0.4, -0.2) is 59.1 Å². The molecule has 2 aliphatic heterocycles. The number of amides is 1. The molecule has 0 spiro atoms. The zero-order valence-corrected chi connectivity index (χ0v) is 14.4. The molecule has 1 aromatic carbocycles. The van der Waals surface area contributed by atoms with Crippen LogP contribution in [0.5, 0.6) is 0 Å². The highest BCUT2D eigenvalue weighted by Crippen LogP contribution is 2.22. The number of carbonyl (C=O) groups excluding carboxylic acids is 1. The zero-order valence-electron chi connectivity index (χ0n) is 14.4. The third-order valence-electron chi connectivity index (χ3n) is 5.28. The Morgan fingerprint density at radius 2 is 1.96 bits per heavy atom. The van der Waals surface area contributed by atoms with E-state index in [1.54, 1.807) is 13.4 Å². The number of nitrogens with zero attached hydrogens (tertiary/aromatic N) is 4. The third-order valence-corrected chi connectivity index (χ3v) is 5.28. The summed E-state index contributed by atoms with van der Waals surface area (Å²) in [5, 5.41) is 3.61. The monoisotopic (exact) mass is 341 g/mol. The van der Waals surface area contributed by atoms with Gasteiger partial charge in [0.15, 0.2) is 0 Å². The Kier molecular flexibility index (Phi) is 4.17. The number of hydrogen-bond acceptors (Lipinski definition) is 5. The molecule has 4 rings (SSSR count). The van der Waals surface area contributed by atoms with E-state index in [-0.39, 0.29) is 17.5 Å². The van der Waals surface area contributed by atoms with Crippen LogP contribution in [-0.2, 0) is 11.8 Å². The third kappa shape index (κ3) is 3.00. The van der Waals surface area contributed by atoms with E-state index >= 15 is 0 Å². The molecule has 0 radical (unpaired) electrons. The molecule has 1 atom stereocenters. The van der Waals surface area contributed by atoms with Crippen molar-refractivity contribution < 1.29 is 4.79 Å². The number of aromatic nitrogens is 2. The summed E-state index contributed by atoms with van der Waals surface area (Å²) in [6.07, 6.45) is 3.57. The Bertz CT molecular complexity index is 854. The maximum absolute atomic E-state index is 12.1. The number of nitrogens with one attached hydrogen (secondary N) is 1. The molecule has 132 valence electrons. The van der Waals surface area contributed by atoms with Crippen LogP contribution >= 0.6 is 0 Å². The van der Waals surface area contributed by atoms with Crippen LogP contribution in [0, 0.1) is 0 Å². The summed E-state index contributed by atoms with van der Waals surface area (Å²) in [5.41, 5.74) is 1.79. The van der Waals surface area contributed by atoms with Crippen molar-refractivity contribution in [2.24, 2.45) is 7.05 Å². The van der Waals surface area contributed by atoms with Crippen LogP contribution in [0.1, 0.15) is 12.8 Å². The lowest BCUT2D eigenvalue weighted by molar-refractivity contribution is -0.128. The average Bonchev–Trinajstić information content (AvgIpc) is 2.65. The lowest BCUT2D eigenvalue weighted by Gasteiger charge is -2.40. The maximum atomic E-state index is 12.1. The Morgan fingerprint density at radius 3 is 2.72 bits per heavy atom. The van der Waals surface area contributed by atoms with Crippen molar-refractivity contribution >= 4 is 22.5 Å². The predicted octanol–water partition coefficient (Wildman–Crippen LogP) is 0.334. The van der Waals surface area contributed by atoms with E-state index in [0.717, 1.165) is 56.8 Å². The van der Waals surface area contributed by atoms with Gasteiger partial charge in [0.2, 0.25) is 5.91 Å². The lowest BCUT2D eigenvalue weighted by atomic mass is 10.0. The van der Waals surface area contributed by atoms with E-state index in [0.29, 0.717) is 5.39 Å². The zero-order chi connectivity index (χ0) is 17.4. The SMILES string of the molecule is Cn1cnc2cc(N3CCN(C4CCCNC4=O)CC3)ccc2c1=O. The maximum Gasteiger partial charge on any atom is 0.260 e. The molecule has 25 heavy (non-hydrogen) atoms. The number of benzene rings is 1. The smallest absolute Gasteiger partial charge is 0.260 e. The second-order valence-corrected chi connectivity index (χ2v) is 6.83. The van der Waals surface area contributed by atoms with Crippen molar-refractivity contribution in [3.63, 3.8) is 0 Å². The molecule has 0 bridgehead atoms. The number of fused-ring (bicyclic) bond motifs is 1. The van der Waals surface area contributed by atoms with Gasteiger partial charge in [-0.25, -0.2) is 4.98 Å². The van der Waals surface area contributed by atoms with Gasteiger partial charge < -0.3 is 14.8 Å². The van der Waals surface area contributed by atoms with Gasteiger partial charge in [0.1, 0.15) is 0 Å². The Balaban J connectivity index is 1.49. The molecule has 1 N–H and O–H groups in total. The van der Waals surface area contributed by atoms with E-state index in [1.807, 2.05) is 18.2 Å². The Hall–Kier alpha value is -2.41. The predicted molar refractivity (Wildman–Crippen MR) is 96.8 cm³/mol. The van der Waals surface area contributed by atoms with Gasteiger partial charge in [0.25, 0.3) is 5.56 Å². The summed E-state index contributed by atoms with van der Waals surface area (Å²) in [5.74, 6) is 0.172. The van der Waals surface area contributed by atoms with E-state index in [2.05, 4.69) is 20.1 Å². The quantitative estimate of drug-likeness (QED) is 0.853. The van der Waals surface area contributed by atoms with Crippen molar-refractivity contribution in [1.82, 2.24) is 19.8 Å². The second kappa shape index (κ2) is 6.48. The summed E-state index contributed by atoms with van der Waals surface area (Å²) < 4.78 is 1.50. The van der Waals surface area contributed by atoms with Gasteiger partial charge in [-0.05, 0) is 31.0 Å². The molecule has 2 fully saturated rings. The van der Waals surface area contributed by atoms with Crippen LogP contribution in [0.25, 0.3) is 10.9 Å². The molecule has 0 aliphatic carbocycles. The lowest BCUT2D eigenvalue weighted by Crippen LogP contribution is -2.56. The standard InChI is InChI=1S/C18H23N5O2/c1-21-12-20-15-11-13(4-5-14(15)18(21)25)22-7-9-23(10-8-22)16-3-2-6-19-17(16)24/h4-5,11-12,16H,2-3,6-10H2,1H3,(H,19,24). The number of rotatable bonds is 2. The van der Waals surface area contributed by atoms with Crippen LogP contribution < -0.4 is 15.8 Å². The van der Waals surface area contributed by atoms with E-state index in [4.69, 9.17) is 0 Å². The first-order valence-electron chi connectivity index (χ1n) is 8.85. The highest BCUT2D eigenvalue weighted by Gasteiger charge is 2.30. The van der Waals surface area contributed by atoms with Crippen molar-refractivity contribution in [2.75, 3.05) is 37.6 Å². The number of anilines is 1. The number of aryl methyl sites for hydroxylation is 1.